The van der Waals surface area contributed by atoms with Crippen molar-refractivity contribution in [2.75, 3.05) is 39.5 Å². The molecule has 1 aliphatic rings. The highest BCUT2D eigenvalue weighted by molar-refractivity contribution is 4.75. The Morgan fingerprint density at radius 1 is 1.07 bits per heavy atom. The lowest BCUT2D eigenvalue weighted by atomic mass is 10.5. The molecule has 0 aromatic carbocycles. The topological polar surface area (TPSA) is 78.1 Å². The van der Waals surface area contributed by atoms with Gasteiger partial charge in [0.15, 0.2) is 12.4 Å². The quantitative estimate of drug-likeness (QED) is 0.320. The molecule has 0 radical (unpaired) electrons. The number of nitriles is 2. The molecule has 0 spiro atoms. The van der Waals surface area contributed by atoms with E-state index in [0.717, 1.165) is 26.3 Å². The third-order valence-corrected chi connectivity index (χ3v) is 2.15. The fraction of sp³-hybridized carbons (Fsp3) is 0.750. The SMILES string of the molecule is N#CNCCN1CCN(CNC#N)C1. The Morgan fingerprint density at radius 3 is 2.50 bits per heavy atom. The molecule has 14 heavy (non-hydrogen) atoms. The highest BCUT2D eigenvalue weighted by atomic mass is 15.4. The fourth-order valence-electron chi connectivity index (χ4n) is 1.44. The van der Waals surface area contributed by atoms with E-state index in [-0.39, 0.29) is 0 Å². The molecule has 76 valence electrons. The van der Waals surface area contributed by atoms with E-state index < -0.39 is 0 Å². The first kappa shape index (κ1) is 10.6. The largest absolute Gasteiger partial charge is 0.323 e. The Kier molecular flexibility index (Phi) is 4.56. The van der Waals surface area contributed by atoms with Gasteiger partial charge in [0, 0.05) is 26.2 Å². The zero-order valence-electron chi connectivity index (χ0n) is 8.03. The van der Waals surface area contributed by atoms with Crippen molar-refractivity contribution in [2.24, 2.45) is 0 Å². The van der Waals surface area contributed by atoms with E-state index in [2.05, 4.69) is 20.4 Å². The first-order valence-electron chi connectivity index (χ1n) is 4.55. The Morgan fingerprint density at radius 2 is 1.79 bits per heavy atom. The molecule has 1 heterocycles. The predicted molar refractivity (Wildman–Crippen MR) is 50.4 cm³/mol. The van der Waals surface area contributed by atoms with Gasteiger partial charge in [-0.15, -0.1) is 0 Å². The summed E-state index contributed by atoms with van der Waals surface area (Å²) in [6.07, 6.45) is 3.79. The molecule has 0 bridgehead atoms. The molecule has 6 nitrogen and oxygen atoms in total. The minimum Gasteiger partial charge on any atom is -0.323 e. The summed E-state index contributed by atoms with van der Waals surface area (Å²) in [5.74, 6) is 0. The fourth-order valence-corrected chi connectivity index (χ4v) is 1.44. The summed E-state index contributed by atoms with van der Waals surface area (Å²) in [4.78, 5) is 4.39. The van der Waals surface area contributed by atoms with Crippen LogP contribution in [0.1, 0.15) is 0 Å². The molecule has 0 aromatic rings. The Balaban J connectivity index is 2.09. The standard InChI is InChI=1S/C8H14N6/c9-5-11-1-2-13-3-4-14(8-13)7-12-6-10/h11-12H,1-4,7-8H2. The molecule has 1 rings (SSSR count). The smallest absolute Gasteiger partial charge is 0.177 e. The first-order chi connectivity index (χ1) is 6.86. The number of nitrogens with zero attached hydrogens (tertiary/aromatic N) is 4. The molecular formula is C8H14N6. The van der Waals surface area contributed by atoms with Gasteiger partial charge in [0.1, 0.15) is 0 Å². The predicted octanol–water partition coefficient (Wildman–Crippen LogP) is -1.34. The first-order valence-corrected chi connectivity index (χ1v) is 4.55. The van der Waals surface area contributed by atoms with Gasteiger partial charge in [-0.1, -0.05) is 0 Å². The lowest BCUT2D eigenvalue weighted by molar-refractivity contribution is 0.243. The zero-order chi connectivity index (χ0) is 10.2. The molecule has 0 aromatic heterocycles. The molecule has 0 unspecified atom stereocenters. The number of hydrogen-bond acceptors (Lipinski definition) is 6. The Hall–Kier alpha value is -1.50. The van der Waals surface area contributed by atoms with Gasteiger partial charge in [-0.05, 0) is 0 Å². The minimum atomic E-state index is 0.610. The molecule has 1 aliphatic heterocycles. The van der Waals surface area contributed by atoms with Crippen LogP contribution < -0.4 is 10.6 Å². The van der Waals surface area contributed by atoms with E-state index in [0.29, 0.717) is 13.2 Å². The Labute approximate surface area is 83.7 Å². The lowest BCUT2D eigenvalue weighted by Gasteiger charge is -2.16. The molecular weight excluding hydrogens is 180 g/mol. The third-order valence-electron chi connectivity index (χ3n) is 2.15. The van der Waals surface area contributed by atoms with E-state index in [9.17, 15) is 0 Å². The van der Waals surface area contributed by atoms with Crippen LogP contribution in [0, 0.1) is 22.9 Å². The van der Waals surface area contributed by atoms with Crippen LogP contribution in [0.2, 0.25) is 0 Å². The maximum Gasteiger partial charge on any atom is 0.177 e. The van der Waals surface area contributed by atoms with Crippen molar-refractivity contribution in [1.29, 1.82) is 10.5 Å². The maximum atomic E-state index is 8.32. The molecule has 2 N–H and O–H groups in total. The molecule has 6 heteroatoms. The van der Waals surface area contributed by atoms with Crippen molar-refractivity contribution in [3.63, 3.8) is 0 Å². The van der Waals surface area contributed by atoms with Gasteiger partial charge in [-0.3, -0.25) is 9.80 Å². The summed E-state index contributed by atoms with van der Waals surface area (Å²) < 4.78 is 0. The van der Waals surface area contributed by atoms with Crippen LogP contribution in [0.3, 0.4) is 0 Å². The van der Waals surface area contributed by atoms with E-state index >= 15 is 0 Å². The third kappa shape index (κ3) is 3.48. The summed E-state index contributed by atoms with van der Waals surface area (Å²) in [7, 11) is 0. The molecule has 0 aliphatic carbocycles. The molecule has 1 fully saturated rings. The highest BCUT2D eigenvalue weighted by Crippen LogP contribution is 2.01. The summed E-state index contributed by atoms with van der Waals surface area (Å²) in [6, 6.07) is 0. The van der Waals surface area contributed by atoms with E-state index in [1.54, 1.807) is 0 Å². The van der Waals surface area contributed by atoms with Gasteiger partial charge in [-0.2, -0.15) is 10.5 Å². The van der Waals surface area contributed by atoms with Gasteiger partial charge in [0.2, 0.25) is 0 Å². The van der Waals surface area contributed by atoms with Gasteiger partial charge in [0.05, 0.1) is 13.3 Å². The van der Waals surface area contributed by atoms with Crippen LogP contribution in [0.4, 0.5) is 0 Å². The average molecular weight is 194 g/mol. The summed E-state index contributed by atoms with van der Waals surface area (Å²) in [5.41, 5.74) is 0. The van der Waals surface area contributed by atoms with Crippen molar-refractivity contribution in [2.45, 2.75) is 0 Å². The average Bonchev–Trinajstić information content (AvgIpc) is 2.63. The van der Waals surface area contributed by atoms with Crippen molar-refractivity contribution in [3.05, 3.63) is 0 Å². The Bertz CT molecular complexity index is 239. The van der Waals surface area contributed by atoms with E-state index in [1.807, 2.05) is 12.4 Å². The minimum absolute atomic E-state index is 0.610. The lowest BCUT2D eigenvalue weighted by Crippen LogP contribution is -2.34. The number of nitrogens with one attached hydrogen (secondary N) is 2. The van der Waals surface area contributed by atoms with Gasteiger partial charge >= 0.3 is 0 Å². The second-order valence-electron chi connectivity index (χ2n) is 3.14. The number of rotatable bonds is 5. The van der Waals surface area contributed by atoms with E-state index in [1.165, 1.54) is 0 Å². The monoisotopic (exact) mass is 194 g/mol. The molecule has 0 saturated carbocycles. The van der Waals surface area contributed by atoms with Gasteiger partial charge < -0.3 is 10.6 Å². The van der Waals surface area contributed by atoms with Crippen LogP contribution in [0.25, 0.3) is 0 Å². The van der Waals surface area contributed by atoms with Crippen LogP contribution >= 0.6 is 0 Å². The highest BCUT2D eigenvalue weighted by Gasteiger charge is 2.18. The maximum absolute atomic E-state index is 8.32. The van der Waals surface area contributed by atoms with E-state index in [4.69, 9.17) is 10.5 Å². The summed E-state index contributed by atoms with van der Waals surface area (Å²) in [6.45, 7) is 5.01. The van der Waals surface area contributed by atoms with Crippen LogP contribution in [-0.2, 0) is 0 Å². The second kappa shape index (κ2) is 6.03. The van der Waals surface area contributed by atoms with Crippen molar-refractivity contribution >= 4 is 0 Å². The van der Waals surface area contributed by atoms with Gasteiger partial charge in [0.25, 0.3) is 0 Å². The van der Waals surface area contributed by atoms with Crippen LogP contribution in [0.5, 0.6) is 0 Å². The van der Waals surface area contributed by atoms with Crippen molar-refractivity contribution < 1.29 is 0 Å². The zero-order valence-corrected chi connectivity index (χ0v) is 8.03. The van der Waals surface area contributed by atoms with Gasteiger partial charge in [-0.25, -0.2) is 0 Å². The summed E-state index contributed by atoms with van der Waals surface area (Å²) in [5, 5.41) is 21.8. The van der Waals surface area contributed by atoms with Crippen LogP contribution in [-0.4, -0.2) is 49.3 Å². The van der Waals surface area contributed by atoms with Crippen LogP contribution in [0.15, 0.2) is 0 Å². The van der Waals surface area contributed by atoms with Crippen molar-refractivity contribution in [3.8, 4) is 12.4 Å². The van der Waals surface area contributed by atoms with Crippen molar-refractivity contribution in [1.82, 2.24) is 20.4 Å². The molecule has 0 atom stereocenters. The second-order valence-corrected chi connectivity index (χ2v) is 3.14. The summed E-state index contributed by atoms with van der Waals surface area (Å²) >= 11 is 0. The molecule has 1 saturated heterocycles. The molecule has 0 amide bonds. The number of hydrogen-bond donors (Lipinski definition) is 2. The normalized spacial score (nSPS) is 17.3.